The second-order valence-electron chi connectivity index (χ2n) is 6.72. The van der Waals surface area contributed by atoms with Gasteiger partial charge in [-0.15, -0.1) is 0 Å². The molecule has 5 rings (SSSR count). The summed E-state index contributed by atoms with van der Waals surface area (Å²) >= 11 is 0. The summed E-state index contributed by atoms with van der Waals surface area (Å²) in [5.74, 6) is 1.46. The number of hydrogen-bond acceptors (Lipinski definition) is 3. The van der Waals surface area contributed by atoms with E-state index in [9.17, 15) is 4.79 Å². The van der Waals surface area contributed by atoms with Gasteiger partial charge in [0, 0.05) is 6.42 Å². The molecule has 2 bridgehead atoms. The zero-order valence-electron chi connectivity index (χ0n) is 12.4. The lowest BCUT2D eigenvalue weighted by Crippen LogP contribution is -2.28. The van der Waals surface area contributed by atoms with Crippen molar-refractivity contribution in [2.24, 2.45) is 5.92 Å². The molecule has 1 amide bonds. The highest BCUT2D eigenvalue weighted by molar-refractivity contribution is 5.93. The molecular formula is C18H18N2O2. The Labute approximate surface area is 129 Å². The quantitative estimate of drug-likeness (QED) is 0.868. The summed E-state index contributed by atoms with van der Waals surface area (Å²) in [7, 11) is 0. The van der Waals surface area contributed by atoms with Gasteiger partial charge in [-0.1, -0.05) is 24.3 Å². The molecule has 0 radical (unpaired) electrons. The van der Waals surface area contributed by atoms with Gasteiger partial charge in [0.25, 0.3) is 5.91 Å². The van der Waals surface area contributed by atoms with Gasteiger partial charge in [0.15, 0.2) is 11.6 Å². The molecule has 2 atom stereocenters. The molecule has 1 saturated carbocycles. The van der Waals surface area contributed by atoms with E-state index in [0.717, 1.165) is 25.2 Å². The van der Waals surface area contributed by atoms with E-state index in [4.69, 9.17) is 4.42 Å². The molecule has 1 aromatic heterocycles. The monoisotopic (exact) mass is 294 g/mol. The first-order valence-electron chi connectivity index (χ1n) is 8.17. The van der Waals surface area contributed by atoms with E-state index in [1.165, 1.54) is 24.0 Å². The molecule has 0 spiro atoms. The van der Waals surface area contributed by atoms with E-state index in [2.05, 4.69) is 29.2 Å². The van der Waals surface area contributed by atoms with Crippen LogP contribution in [0.3, 0.4) is 0 Å². The van der Waals surface area contributed by atoms with Gasteiger partial charge in [-0.05, 0) is 42.7 Å². The number of hydrogen-bond donors (Lipinski definition) is 0. The Morgan fingerprint density at radius 3 is 2.45 bits per heavy atom. The van der Waals surface area contributed by atoms with E-state index >= 15 is 0 Å². The van der Waals surface area contributed by atoms with Crippen LogP contribution in [-0.2, 0) is 6.42 Å². The SMILES string of the molecule is O=C(c1coc(CC2CC2)n1)N1C2CCC1c1ccccc12. The summed E-state index contributed by atoms with van der Waals surface area (Å²) in [6.45, 7) is 0. The molecule has 2 fully saturated rings. The average Bonchev–Trinajstić information content (AvgIpc) is 3.00. The molecule has 4 nitrogen and oxygen atoms in total. The molecule has 2 unspecified atom stereocenters. The third-order valence-corrected chi connectivity index (χ3v) is 5.26. The fraction of sp³-hybridized carbons (Fsp3) is 0.444. The molecule has 0 N–H and O–H groups in total. The number of rotatable bonds is 3. The van der Waals surface area contributed by atoms with Gasteiger partial charge < -0.3 is 9.32 Å². The number of benzene rings is 1. The van der Waals surface area contributed by atoms with Crippen LogP contribution in [0.1, 0.15) is 65.3 Å². The second kappa shape index (κ2) is 4.45. The van der Waals surface area contributed by atoms with E-state index in [1.54, 1.807) is 6.26 Å². The number of amides is 1. The Balaban J connectivity index is 1.43. The number of carbonyl (C=O) groups is 1. The van der Waals surface area contributed by atoms with Crippen molar-refractivity contribution in [3.8, 4) is 0 Å². The van der Waals surface area contributed by atoms with Crippen molar-refractivity contribution in [3.05, 3.63) is 53.2 Å². The number of oxazole rings is 1. The van der Waals surface area contributed by atoms with Gasteiger partial charge in [-0.3, -0.25) is 4.79 Å². The highest BCUT2D eigenvalue weighted by Crippen LogP contribution is 2.53. The lowest BCUT2D eigenvalue weighted by molar-refractivity contribution is 0.0690. The van der Waals surface area contributed by atoms with Crippen molar-refractivity contribution in [1.29, 1.82) is 0 Å². The van der Waals surface area contributed by atoms with Crippen molar-refractivity contribution in [2.45, 2.75) is 44.2 Å². The Morgan fingerprint density at radius 1 is 1.14 bits per heavy atom. The summed E-state index contributed by atoms with van der Waals surface area (Å²) in [5, 5.41) is 0. The smallest absolute Gasteiger partial charge is 0.276 e. The van der Waals surface area contributed by atoms with Crippen molar-refractivity contribution in [3.63, 3.8) is 0 Å². The third-order valence-electron chi connectivity index (χ3n) is 5.26. The predicted octanol–water partition coefficient (Wildman–Crippen LogP) is 3.66. The van der Waals surface area contributed by atoms with Crippen molar-refractivity contribution in [2.75, 3.05) is 0 Å². The van der Waals surface area contributed by atoms with Crippen molar-refractivity contribution >= 4 is 5.91 Å². The van der Waals surface area contributed by atoms with Crippen LogP contribution in [0, 0.1) is 5.92 Å². The van der Waals surface area contributed by atoms with E-state index in [1.807, 2.05) is 4.90 Å². The summed E-state index contributed by atoms with van der Waals surface area (Å²) in [4.78, 5) is 19.3. The van der Waals surface area contributed by atoms with Gasteiger partial charge in [-0.2, -0.15) is 0 Å². The number of aromatic nitrogens is 1. The Hall–Kier alpha value is -2.10. The number of nitrogens with zero attached hydrogens (tertiary/aromatic N) is 2. The van der Waals surface area contributed by atoms with Crippen LogP contribution in [0.4, 0.5) is 0 Å². The summed E-state index contributed by atoms with van der Waals surface area (Å²) in [6, 6.07) is 8.87. The Bertz CT molecular complexity index is 716. The fourth-order valence-corrected chi connectivity index (χ4v) is 4.03. The van der Waals surface area contributed by atoms with Crippen molar-refractivity contribution < 1.29 is 9.21 Å². The summed E-state index contributed by atoms with van der Waals surface area (Å²) in [6.07, 6.45) is 7.05. The molecule has 112 valence electrons. The van der Waals surface area contributed by atoms with Crippen LogP contribution in [0.15, 0.2) is 34.9 Å². The normalized spacial score (nSPS) is 25.5. The predicted molar refractivity (Wildman–Crippen MR) is 80.3 cm³/mol. The van der Waals surface area contributed by atoms with Gasteiger partial charge in [0.1, 0.15) is 6.26 Å². The fourth-order valence-electron chi connectivity index (χ4n) is 4.03. The van der Waals surface area contributed by atoms with E-state index in [-0.39, 0.29) is 18.0 Å². The number of fused-ring (bicyclic) bond motifs is 5. The standard InChI is InChI=1S/C18H18N2O2/c21-18(14-10-22-17(19-14)9-11-5-6-11)20-15-7-8-16(20)13-4-2-1-3-12(13)15/h1-4,10-11,15-16H,5-9H2. The highest BCUT2D eigenvalue weighted by Gasteiger charge is 2.46. The summed E-state index contributed by atoms with van der Waals surface area (Å²) in [5.41, 5.74) is 3.10. The van der Waals surface area contributed by atoms with Crippen molar-refractivity contribution in [1.82, 2.24) is 9.88 Å². The van der Waals surface area contributed by atoms with Crippen LogP contribution in [-0.4, -0.2) is 15.8 Å². The lowest BCUT2D eigenvalue weighted by atomic mass is 9.92. The molecule has 22 heavy (non-hydrogen) atoms. The highest BCUT2D eigenvalue weighted by atomic mass is 16.3. The lowest BCUT2D eigenvalue weighted by Gasteiger charge is -2.21. The second-order valence-corrected chi connectivity index (χ2v) is 6.72. The number of carbonyl (C=O) groups excluding carboxylic acids is 1. The zero-order valence-corrected chi connectivity index (χ0v) is 12.4. The largest absolute Gasteiger partial charge is 0.448 e. The first kappa shape index (κ1) is 12.4. The maximum Gasteiger partial charge on any atom is 0.276 e. The van der Waals surface area contributed by atoms with E-state index < -0.39 is 0 Å². The van der Waals surface area contributed by atoms with Crippen LogP contribution < -0.4 is 0 Å². The van der Waals surface area contributed by atoms with E-state index in [0.29, 0.717) is 11.6 Å². The Morgan fingerprint density at radius 2 is 1.82 bits per heavy atom. The van der Waals surface area contributed by atoms with Gasteiger partial charge in [-0.25, -0.2) is 4.98 Å². The average molecular weight is 294 g/mol. The minimum atomic E-state index is 0.0227. The van der Waals surface area contributed by atoms with Crippen LogP contribution in [0.25, 0.3) is 0 Å². The van der Waals surface area contributed by atoms with Gasteiger partial charge in [0.05, 0.1) is 12.1 Å². The molecule has 1 aromatic carbocycles. The minimum absolute atomic E-state index is 0.0227. The third kappa shape index (κ3) is 1.76. The first-order chi connectivity index (χ1) is 10.8. The minimum Gasteiger partial charge on any atom is -0.448 e. The molecule has 1 saturated heterocycles. The van der Waals surface area contributed by atoms with Gasteiger partial charge in [0.2, 0.25) is 0 Å². The molecule has 3 aliphatic rings. The Kier molecular flexibility index (Phi) is 2.52. The van der Waals surface area contributed by atoms with Crippen LogP contribution in [0.2, 0.25) is 0 Å². The molecule has 3 heterocycles. The maximum absolute atomic E-state index is 12.9. The topological polar surface area (TPSA) is 46.3 Å². The molecule has 2 aromatic rings. The van der Waals surface area contributed by atoms with Crippen LogP contribution in [0.5, 0.6) is 0 Å². The molecule has 2 aliphatic heterocycles. The zero-order chi connectivity index (χ0) is 14.7. The maximum atomic E-state index is 12.9. The molecule has 1 aliphatic carbocycles. The molecule has 4 heteroatoms. The van der Waals surface area contributed by atoms with Gasteiger partial charge >= 0.3 is 0 Å². The van der Waals surface area contributed by atoms with Crippen LogP contribution >= 0.6 is 0 Å². The molecular weight excluding hydrogens is 276 g/mol. The first-order valence-corrected chi connectivity index (χ1v) is 8.17. The summed E-state index contributed by atoms with van der Waals surface area (Å²) < 4.78 is 5.51.